The predicted molar refractivity (Wildman–Crippen MR) is 112 cm³/mol. The van der Waals surface area contributed by atoms with E-state index in [1.54, 1.807) is 0 Å². The summed E-state index contributed by atoms with van der Waals surface area (Å²) < 4.78 is 2.28. The second-order valence-electron chi connectivity index (χ2n) is 7.01. The van der Waals surface area contributed by atoms with Crippen molar-refractivity contribution in [3.8, 4) is 0 Å². The van der Waals surface area contributed by atoms with Crippen molar-refractivity contribution in [3.63, 3.8) is 0 Å². The van der Waals surface area contributed by atoms with Gasteiger partial charge in [-0.2, -0.15) is 21.1 Å². The van der Waals surface area contributed by atoms with Crippen LogP contribution in [0.2, 0.25) is 4.34 Å². The van der Waals surface area contributed by atoms with Gasteiger partial charge in [-0.1, -0.05) is 18.5 Å². The number of piperidine rings is 1. The van der Waals surface area contributed by atoms with E-state index in [9.17, 15) is 4.79 Å². The summed E-state index contributed by atoms with van der Waals surface area (Å²) in [6.45, 7) is 4.78. The van der Waals surface area contributed by atoms with Gasteiger partial charge in [-0.3, -0.25) is 4.79 Å². The number of halogens is 1. The fraction of sp³-hybridized carbons (Fsp3) is 0.368. The first-order chi connectivity index (χ1) is 13.0. The van der Waals surface area contributed by atoms with Crippen molar-refractivity contribution >= 4 is 46.0 Å². The topological polar surface area (TPSA) is 59.0 Å². The first kappa shape index (κ1) is 18.7. The smallest absolute Gasteiger partial charge is 0.280 e. The lowest BCUT2D eigenvalue weighted by Crippen LogP contribution is -2.38. The molecular formula is C19H21ClN4OS2. The van der Waals surface area contributed by atoms with Crippen LogP contribution in [0.1, 0.15) is 40.7 Å². The zero-order chi connectivity index (χ0) is 18.9. The van der Waals surface area contributed by atoms with E-state index in [0.29, 0.717) is 12.1 Å². The number of carbonyl (C=O) groups is 1. The first-order valence-electron chi connectivity index (χ1n) is 8.91. The molecule has 0 spiro atoms. The highest BCUT2D eigenvalue weighted by atomic mass is 35.5. The molecule has 1 aliphatic heterocycles. The van der Waals surface area contributed by atoms with E-state index >= 15 is 0 Å². The van der Waals surface area contributed by atoms with E-state index in [1.165, 1.54) is 27.4 Å². The van der Waals surface area contributed by atoms with E-state index in [1.807, 2.05) is 35.0 Å². The largest absolute Gasteiger partial charge is 0.365 e. The van der Waals surface area contributed by atoms with E-state index in [4.69, 9.17) is 16.7 Å². The Kier molecular flexibility index (Phi) is 5.36. The number of anilines is 1. The number of aromatic nitrogens is 2. The molecule has 27 heavy (non-hydrogen) atoms. The standard InChI is InChI=1S/C19H21ClN4OS2/c1-19(5-7-21-8-6-19)15-10-17(22-11-14-2-3-16(20)27-14)24(23-15)18(25)13-4-9-26-12-13/h2-4,9-10,12,21-22H,5-8,11H2,1H3. The zero-order valence-corrected chi connectivity index (χ0v) is 17.4. The van der Waals surface area contributed by atoms with Crippen LogP contribution < -0.4 is 10.6 Å². The predicted octanol–water partition coefficient (Wildman–Crippen LogP) is 4.60. The molecule has 1 aliphatic rings. The van der Waals surface area contributed by atoms with Gasteiger partial charge in [0.1, 0.15) is 5.82 Å². The maximum absolute atomic E-state index is 13.0. The number of hydrogen-bond donors (Lipinski definition) is 2. The molecule has 8 heteroatoms. The Morgan fingerprint density at radius 3 is 2.85 bits per heavy atom. The monoisotopic (exact) mass is 420 g/mol. The van der Waals surface area contributed by atoms with Crippen LogP contribution in [-0.2, 0) is 12.0 Å². The van der Waals surface area contributed by atoms with E-state index in [-0.39, 0.29) is 11.3 Å². The highest BCUT2D eigenvalue weighted by molar-refractivity contribution is 7.16. The van der Waals surface area contributed by atoms with Crippen molar-refractivity contribution in [3.05, 3.63) is 55.5 Å². The van der Waals surface area contributed by atoms with Crippen LogP contribution in [0.15, 0.2) is 35.0 Å². The molecule has 0 bridgehead atoms. The van der Waals surface area contributed by atoms with Crippen molar-refractivity contribution < 1.29 is 4.79 Å². The fourth-order valence-electron chi connectivity index (χ4n) is 3.32. The molecular weight excluding hydrogens is 400 g/mol. The summed E-state index contributed by atoms with van der Waals surface area (Å²) in [5, 5.41) is 15.3. The summed E-state index contributed by atoms with van der Waals surface area (Å²) in [5.74, 6) is 0.622. The fourth-order valence-corrected chi connectivity index (χ4v) is 4.98. The van der Waals surface area contributed by atoms with Crippen LogP contribution in [0.4, 0.5) is 5.82 Å². The van der Waals surface area contributed by atoms with Gasteiger partial charge in [0.25, 0.3) is 5.91 Å². The molecule has 0 atom stereocenters. The van der Waals surface area contributed by atoms with Gasteiger partial charge < -0.3 is 10.6 Å². The molecule has 4 rings (SSSR count). The Morgan fingerprint density at radius 1 is 1.37 bits per heavy atom. The average Bonchev–Trinajstić information content (AvgIpc) is 3.41. The molecule has 0 saturated carbocycles. The highest BCUT2D eigenvalue weighted by Crippen LogP contribution is 2.34. The van der Waals surface area contributed by atoms with Crippen LogP contribution in [0.5, 0.6) is 0 Å². The molecule has 4 heterocycles. The minimum absolute atomic E-state index is 0.0197. The van der Waals surface area contributed by atoms with Crippen LogP contribution >= 0.6 is 34.3 Å². The van der Waals surface area contributed by atoms with E-state index in [2.05, 4.69) is 17.6 Å². The molecule has 3 aromatic rings. The first-order valence-corrected chi connectivity index (χ1v) is 11.1. The van der Waals surface area contributed by atoms with Crippen molar-refractivity contribution in [1.82, 2.24) is 15.1 Å². The molecule has 1 saturated heterocycles. The van der Waals surface area contributed by atoms with Gasteiger partial charge in [0, 0.05) is 21.7 Å². The highest BCUT2D eigenvalue weighted by Gasteiger charge is 2.33. The minimum atomic E-state index is -0.105. The van der Waals surface area contributed by atoms with Gasteiger partial charge in [-0.05, 0) is 49.5 Å². The third-order valence-corrected chi connectivity index (χ3v) is 6.98. The van der Waals surface area contributed by atoms with E-state index in [0.717, 1.165) is 46.7 Å². The zero-order valence-electron chi connectivity index (χ0n) is 15.0. The molecule has 0 aliphatic carbocycles. The number of hydrogen-bond acceptors (Lipinski definition) is 6. The van der Waals surface area contributed by atoms with Gasteiger partial charge >= 0.3 is 0 Å². The summed E-state index contributed by atoms with van der Waals surface area (Å²) in [6.07, 6.45) is 2.02. The van der Waals surface area contributed by atoms with Crippen LogP contribution in [-0.4, -0.2) is 28.8 Å². The molecule has 142 valence electrons. The molecule has 5 nitrogen and oxygen atoms in total. The lowest BCUT2D eigenvalue weighted by atomic mass is 9.78. The number of thiophene rings is 2. The number of nitrogens with one attached hydrogen (secondary N) is 2. The molecule has 1 fully saturated rings. The maximum Gasteiger partial charge on any atom is 0.280 e. The molecule has 0 amide bonds. The summed E-state index contributed by atoms with van der Waals surface area (Å²) >= 11 is 9.08. The molecule has 2 N–H and O–H groups in total. The summed E-state index contributed by atoms with van der Waals surface area (Å²) in [4.78, 5) is 14.1. The van der Waals surface area contributed by atoms with Crippen LogP contribution in [0.3, 0.4) is 0 Å². The number of nitrogens with zero attached hydrogens (tertiary/aromatic N) is 2. The second-order valence-corrected chi connectivity index (χ2v) is 9.59. The average molecular weight is 421 g/mol. The summed E-state index contributed by atoms with van der Waals surface area (Å²) in [7, 11) is 0. The van der Waals surface area contributed by atoms with E-state index < -0.39 is 0 Å². The van der Waals surface area contributed by atoms with Gasteiger partial charge in [0.05, 0.1) is 22.1 Å². The summed E-state index contributed by atoms with van der Waals surface area (Å²) in [5.41, 5.74) is 1.61. The SMILES string of the molecule is CC1(c2cc(NCc3ccc(Cl)s3)n(C(=O)c3ccsc3)n2)CCNCC1. The Balaban J connectivity index is 1.65. The minimum Gasteiger partial charge on any atom is -0.365 e. The van der Waals surface area contributed by atoms with Crippen LogP contribution in [0, 0.1) is 0 Å². The Bertz CT molecular complexity index is 926. The maximum atomic E-state index is 13.0. The quantitative estimate of drug-likeness (QED) is 0.633. The lowest BCUT2D eigenvalue weighted by molar-refractivity contribution is 0.0946. The van der Waals surface area contributed by atoms with Crippen molar-refractivity contribution in [2.45, 2.75) is 31.7 Å². The lowest BCUT2D eigenvalue weighted by Gasteiger charge is -2.32. The van der Waals surface area contributed by atoms with Crippen LogP contribution in [0.25, 0.3) is 0 Å². The molecule has 3 aromatic heterocycles. The third kappa shape index (κ3) is 3.96. The molecule has 0 unspecified atom stereocenters. The Labute approximate surface area is 171 Å². The number of rotatable bonds is 5. The third-order valence-electron chi connectivity index (χ3n) is 5.07. The number of carbonyl (C=O) groups excluding carboxylic acids is 1. The molecule has 0 aromatic carbocycles. The van der Waals surface area contributed by atoms with Crippen molar-refractivity contribution in [2.24, 2.45) is 0 Å². The second kappa shape index (κ2) is 7.75. The Morgan fingerprint density at radius 2 is 2.19 bits per heavy atom. The molecule has 0 radical (unpaired) electrons. The van der Waals surface area contributed by atoms with Gasteiger partial charge in [-0.25, -0.2) is 0 Å². The Hall–Kier alpha value is -1.67. The van der Waals surface area contributed by atoms with Gasteiger partial charge in [0.2, 0.25) is 0 Å². The van der Waals surface area contributed by atoms with Gasteiger partial charge in [0.15, 0.2) is 0 Å². The summed E-state index contributed by atoms with van der Waals surface area (Å²) in [6, 6.07) is 7.75. The van der Waals surface area contributed by atoms with Crippen molar-refractivity contribution in [1.29, 1.82) is 0 Å². The van der Waals surface area contributed by atoms with Gasteiger partial charge in [-0.15, -0.1) is 11.3 Å². The normalized spacial score (nSPS) is 16.4. The van der Waals surface area contributed by atoms with Crippen molar-refractivity contribution in [2.75, 3.05) is 18.4 Å².